The molecule has 1 saturated heterocycles. The van der Waals surface area contributed by atoms with E-state index in [1.54, 1.807) is 7.11 Å². The summed E-state index contributed by atoms with van der Waals surface area (Å²) in [4.78, 5) is 14.0. The van der Waals surface area contributed by atoms with E-state index >= 15 is 0 Å². The Labute approximate surface area is 149 Å². The maximum absolute atomic E-state index is 12.2. The summed E-state index contributed by atoms with van der Waals surface area (Å²) >= 11 is 0. The largest absolute Gasteiger partial charge is 0.496 e. The fraction of sp³-hybridized carbons (Fsp3) is 0.476. The lowest BCUT2D eigenvalue weighted by atomic mass is 9.88. The highest BCUT2D eigenvalue weighted by atomic mass is 16.6. The van der Waals surface area contributed by atoms with Crippen LogP contribution in [-0.4, -0.2) is 36.8 Å². The lowest BCUT2D eigenvalue weighted by molar-refractivity contribution is 0.0205. The number of fused-ring (bicyclic) bond motifs is 1. The molecular formula is C21H27NO3. The fourth-order valence-electron chi connectivity index (χ4n) is 3.42. The molecule has 1 fully saturated rings. The van der Waals surface area contributed by atoms with Crippen molar-refractivity contribution in [1.29, 1.82) is 0 Å². The van der Waals surface area contributed by atoms with Gasteiger partial charge in [-0.25, -0.2) is 4.79 Å². The smallest absolute Gasteiger partial charge is 0.410 e. The molecule has 0 unspecified atom stereocenters. The van der Waals surface area contributed by atoms with Crippen LogP contribution >= 0.6 is 0 Å². The maximum Gasteiger partial charge on any atom is 0.410 e. The molecule has 0 radical (unpaired) electrons. The number of carbonyl (C=O) groups is 1. The predicted octanol–water partition coefficient (Wildman–Crippen LogP) is 4.96. The Balaban J connectivity index is 1.71. The third-order valence-electron chi connectivity index (χ3n) is 4.70. The molecular weight excluding hydrogens is 314 g/mol. The van der Waals surface area contributed by atoms with Crippen molar-refractivity contribution in [2.75, 3.05) is 20.2 Å². The molecule has 0 N–H and O–H groups in total. The van der Waals surface area contributed by atoms with Crippen molar-refractivity contribution in [3.63, 3.8) is 0 Å². The summed E-state index contributed by atoms with van der Waals surface area (Å²) < 4.78 is 11.0. The van der Waals surface area contributed by atoms with E-state index in [4.69, 9.17) is 9.47 Å². The number of likely N-dealkylation sites (tertiary alicyclic amines) is 1. The van der Waals surface area contributed by atoms with E-state index in [9.17, 15) is 4.79 Å². The van der Waals surface area contributed by atoms with Crippen molar-refractivity contribution in [2.24, 2.45) is 0 Å². The number of benzene rings is 2. The second-order valence-corrected chi connectivity index (χ2v) is 7.68. The van der Waals surface area contributed by atoms with Gasteiger partial charge in [0.25, 0.3) is 0 Å². The molecule has 0 saturated carbocycles. The van der Waals surface area contributed by atoms with E-state index in [0.717, 1.165) is 37.1 Å². The van der Waals surface area contributed by atoms with E-state index in [2.05, 4.69) is 24.3 Å². The van der Waals surface area contributed by atoms with Crippen molar-refractivity contribution in [1.82, 2.24) is 4.90 Å². The number of amides is 1. The standard InChI is InChI=1S/C21H27NO3/c1-21(2,3)25-20(23)22-12-10-15(11-13-22)17-9-8-16-6-5-7-19(24-4)18(16)14-17/h5-9,14-15H,10-13H2,1-4H3. The van der Waals surface area contributed by atoms with Crippen LogP contribution in [0, 0.1) is 0 Å². The molecule has 4 heteroatoms. The Morgan fingerprint density at radius 2 is 1.84 bits per heavy atom. The average Bonchev–Trinajstić information content (AvgIpc) is 2.59. The second kappa shape index (κ2) is 6.95. The van der Waals surface area contributed by atoms with E-state index in [0.29, 0.717) is 5.92 Å². The van der Waals surface area contributed by atoms with Gasteiger partial charge in [-0.05, 0) is 62.6 Å². The molecule has 3 rings (SSSR count). The topological polar surface area (TPSA) is 38.8 Å². The van der Waals surface area contributed by atoms with Gasteiger partial charge in [-0.1, -0.05) is 24.3 Å². The van der Waals surface area contributed by atoms with Gasteiger partial charge in [0, 0.05) is 18.5 Å². The lowest BCUT2D eigenvalue weighted by Gasteiger charge is -2.33. The van der Waals surface area contributed by atoms with Crippen molar-refractivity contribution < 1.29 is 14.3 Å². The molecule has 2 aromatic carbocycles. The van der Waals surface area contributed by atoms with Crippen LogP contribution in [0.2, 0.25) is 0 Å². The molecule has 0 spiro atoms. The van der Waals surface area contributed by atoms with Crippen LogP contribution in [0.4, 0.5) is 4.79 Å². The van der Waals surface area contributed by atoms with E-state index < -0.39 is 5.60 Å². The van der Waals surface area contributed by atoms with Gasteiger partial charge in [-0.3, -0.25) is 0 Å². The molecule has 0 aromatic heterocycles. The molecule has 0 aliphatic carbocycles. The summed E-state index contributed by atoms with van der Waals surface area (Å²) in [7, 11) is 1.71. The molecule has 1 aliphatic rings. The van der Waals surface area contributed by atoms with Crippen LogP contribution < -0.4 is 4.74 Å². The summed E-state index contributed by atoms with van der Waals surface area (Å²) in [6.45, 7) is 7.19. The molecule has 2 aromatic rings. The van der Waals surface area contributed by atoms with Gasteiger partial charge in [0.1, 0.15) is 11.4 Å². The predicted molar refractivity (Wildman–Crippen MR) is 100 cm³/mol. The minimum Gasteiger partial charge on any atom is -0.496 e. The van der Waals surface area contributed by atoms with Crippen molar-refractivity contribution in [2.45, 2.75) is 45.1 Å². The Kier molecular flexibility index (Phi) is 4.89. The molecule has 0 bridgehead atoms. The monoisotopic (exact) mass is 341 g/mol. The minimum atomic E-state index is -0.442. The van der Waals surface area contributed by atoms with Gasteiger partial charge in [-0.15, -0.1) is 0 Å². The summed E-state index contributed by atoms with van der Waals surface area (Å²) in [5, 5.41) is 2.34. The molecule has 25 heavy (non-hydrogen) atoms. The Morgan fingerprint density at radius 1 is 1.12 bits per heavy atom. The summed E-state index contributed by atoms with van der Waals surface area (Å²) in [6, 6.07) is 12.7. The normalized spacial score (nSPS) is 16.1. The van der Waals surface area contributed by atoms with Crippen molar-refractivity contribution in [3.8, 4) is 5.75 Å². The number of methoxy groups -OCH3 is 1. The Morgan fingerprint density at radius 3 is 2.48 bits per heavy atom. The van der Waals surface area contributed by atoms with Crippen LogP contribution in [-0.2, 0) is 4.74 Å². The number of hydrogen-bond donors (Lipinski definition) is 0. The van der Waals surface area contributed by atoms with Crippen molar-refractivity contribution >= 4 is 16.9 Å². The molecule has 0 atom stereocenters. The molecule has 1 aliphatic heterocycles. The van der Waals surface area contributed by atoms with Crippen LogP contribution in [0.15, 0.2) is 36.4 Å². The Hall–Kier alpha value is -2.23. The third-order valence-corrected chi connectivity index (χ3v) is 4.70. The lowest BCUT2D eigenvalue weighted by Crippen LogP contribution is -2.41. The quantitative estimate of drug-likeness (QED) is 0.775. The highest BCUT2D eigenvalue weighted by Gasteiger charge is 2.27. The molecule has 1 amide bonds. The maximum atomic E-state index is 12.2. The first-order valence-corrected chi connectivity index (χ1v) is 8.92. The zero-order chi connectivity index (χ0) is 18.0. The first kappa shape index (κ1) is 17.6. The zero-order valence-electron chi connectivity index (χ0n) is 15.5. The number of hydrogen-bond acceptors (Lipinski definition) is 3. The molecule has 134 valence electrons. The molecule has 1 heterocycles. The first-order valence-electron chi connectivity index (χ1n) is 8.92. The number of piperidine rings is 1. The highest BCUT2D eigenvalue weighted by molar-refractivity contribution is 5.89. The van der Waals surface area contributed by atoms with Gasteiger partial charge in [0.15, 0.2) is 0 Å². The van der Waals surface area contributed by atoms with E-state index in [1.807, 2.05) is 37.8 Å². The Bertz CT molecular complexity index is 755. The highest BCUT2D eigenvalue weighted by Crippen LogP contribution is 2.33. The molecule has 4 nitrogen and oxygen atoms in total. The second-order valence-electron chi connectivity index (χ2n) is 7.68. The van der Waals surface area contributed by atoms with E-state index in [-0.39, 0.29) is 6.09 Å². The first-order chi connectivity index (χ1) is 11.9. The van der Waals surface area contributed by atoms with Gasteiger partial charge in [0.05, 0.1) is 7.11 Å². The van der Waals surface area contributed by atoms with Gasteiger partial charge in [-0.2, -0.15) is 0 Å². The number of nitrogens with zero attached hydrogens (tertiary/aromatic N) is 1. The van der Waals surface area contributed by atoms with Crippen LogP contribution in [0.3, 0.4) is 0 Å². The van der Waals surface area contributed by atoms with Gasteiger partial charge >= 0.3 is 6.09 Å². The number of ether oxygens (including phenoxy) is 2. The van der Waals surface area contributed by atoms with Crippen LogP contribution in [0.5, 0.6) is 5.75 Å². The average molecular weight is 341 g/mol. The summed E-state index contributed by atoms with van der Waals surface area (Å²) in [5.41, 5.74) is 0.879. The summed E-state index contributed by atoms with van der Waals surface area (Å²) in [6.07, 6.45) is 1.71. The van der Waals surface area contributed by atoms with Crippen molar-refractivity contribution in [3.05, 3.63) is 42.0 Å². The zero-order valence-corrected chi connectivity index (χ0v) is 15.5. The third kappa shape index (κ3) is 4.06. The SMILES string of the molecule is COc1cccc2ccc(C3CCN(C(=O)OC(C)(C)C)CC3)cc12. The summed E-state index contributed by atoms with van der Waals surface area (Å²) in [5.74, 6) is 1.37. The van der Waals surface area contributed by atoms with Crippen LogP contribution in [0.1, 0.15) is 45.1 Å². The van der Waals surface area contributed by atoms with E-state index in [1.165, 1.54) is 10.9 Å². The number of carbonyl (C=O) groups excluding carboxylic acids is 1. The minimum absolute atomic E-state index is 0.203. The van der Waals surface area contributed by atoms with Crippen LogP contribution in [0.25, 0.3) is 10.8 Å². The van der Waals surface area contributed by atoms with Gasteiger partial charge in [0.2, 0.25) is 0 Å². The fourth-order valence-corrected chi connectivity index (χ4v) is 3.42. The van der Waals surface area contributed by atoms with Gasteiger partial charge < -0.3 is 14.4 Å². The number of rotatable bonds is 2.